The van der Waals surface area contributed by atoms with Gasteiger partial charge in [0.1, 0.15) is 0 Å². The highest BCUT2D eigenvalue weighted by atomic mass is 16.2. The number of ketones is 1. The molecule has 0 aromatic heterocycles. The van der Waals surface area contributed by atoms with Gasteiger partial charge in [0, 0.05) is 17.8 Å². The van der Waals surface area contributed by atoms with Crippen LogP contribution < -0.4 is 10.6 Å². The quantitative estimate of drug-likeness (QED) is 0.843. The van der Waals surface area contributed by atoms with Crippen molar-refractivity contribution in [1.29, 1.82) is 0 Å². The van der Waals surface area contributed by atoms with Gasteiger partial charge in [-0.1, -0.05) is 42.0 Å². The van der Waals surface area contributed by atoms with Crippen molar-refractivity contribution >= 4 is 17.5 Å². The molecular formula is C17H18N2O2. The van der Waals surface area contributed by atoms with Gasteiger partial charge >= 0.3 is 6.03 Å². The van der Waals surface area contributed by atoms with Crippen LogP contribution in [0.1, 0.15) is 28.4 Å². The summed E-state index contributed by atoms with van der Waals surface area (Å²) in [6.07, 6.45) is 0. The Bertz CT molecular complexity index is 648. The highest BCUT2D eigenvalue weighted by molar-refractivity contribution is 5.96. The number of nitrogens with one attached hydrogen (secondary N) is 2. The topological polar surface area (TPSA) is 58.2 Å². The summed E-state index contributed by atoms with van der Waals surface area (Å²) in [4.78, 5) is 23.1. The zero-order valence-electron chi connectivity index (χ0n) is 12.1. The fraction of sp³-hybridized carbons (Fsp3) is 0.176. The van der Waals surface area contributed by atoms with Gasteiger partial charge in [-0.15, -0.1) is 0 Å². The molecule has 0 atom stereocenters. The number of anilines is 1. The first-order chi connectivity index (χ1) is 10.0. The van der Waals surface area contributed by atoms with Crippen molar-refractivity contribution < 1.29 is 9.59 Å². The third-order valence-electron chi connectivity index (χ3n) is 3.10. The van der Waals surface area contributed by atoms with E-state index < -0.39 is 0 Å². The molecule has 0 aliphatic carbocycles. The summed E-state index contributed by atoms with van der Waals surface area (Å²) in [7, 11) is 0. The lowest BCUT2D eigenvalue weighted by Gasteiger charge is -2.08. The van der Waals surface area contributed by atoms with Crippen LogP contribution >= 0.6 is 0 Å². The average Bonchev–Trinajstić information content (AvgIpc) is 2.47. The van der Waals surface area contributed by atoms with Gasteiger partial charge in [0.2, 0.25) is 0 Å². The standard InChI is InChI=1S/C17H18N2O2/c1-12-6-8-14(9-7-12)11-18-17(21)19-16-5-3-4-15(10-16)13(2)20/h3-10H,11H2,1-2H3,(H2,18,19,21). The molecule has 2 rings (SSSR count). The van der Waals surface area contributed by atoms with E-state index in [9.17, 15) is 9.59 Å². The van der Waals surface area contributed by atoms with E-state index in [-0.39, 0.29) is 11.8 Å². The van der Waals surface area contributed by atoms with Crippen LogP contribution in [0.15, 0.2) is 48.5 Å². The molecule has 0 radical (unpaired) electrons. The normalized spacial score (nSPS) is 10.0. The van der Waals surface area contributed by atoms with Crippen molar-refractivity contribution in [2.75, 3.05) is 5.32 Å². The number of Topliss-reactive ketones (excluding diaryl/α,β-unsaturated/α-hetero) is 1. The summed E-state index contributed by atoms with van der Waals surface area (Å²) >= 11 is 0. The van der Waals surface area contributed by atoms with Gasteiger partial charge < -0.3 is 10.6 Å². The van der Waals surface area contributed by atoms with Crippen LogP contribution in [0.25, 0.3) is 0 Å². The molecule has 0 saturated heterocycles. The minimum atomic E-state index is -0.295. The van der Waals surface area contributed by atoms with Gasteiger partial charge in [-0.25, -0.2) is 4.79 Å². The molecule has 2 aromatic carbocycles. The van der Waals surface area contributed by atoms with E-state index >= 15 is 0 Å². The zero-order valence-corrected chi connectivity index (χ0v) is 12.1. The van der Waals surface area contributed by atoms with Crippen LogP contribution in [0.4, 0.5) is 10.5 Å². The fourth-order valence-electron chi connectivity index (χ4n) is 1.88. The maximum absolute atomic E-state index is 11.8. The minimum Gasteiger partial charge on any atom is -0.334 e. The van der Waals surface area contributed by atoms with E-state index in [0.29, 0.717) is 17.8 Å². The van der Waals surface area contributed by atoms with E-state index in [2.05, 4.69) is 10.6 Å². The number of hydrogen-bond donors (Lipinski definition) is 2. The van der Waals surface area contributed by atoms with Crippen molar-refractivity contribution in [3.05, 3.63) is 65.2 Å². The second-order valence-electron chi connectivity index (χ2n) is 4.93. The second-order valence-corrected chi connectivity index (χ2v) is 4.93. The van der Waals surface area contributed by atoms with Crippen LogP contribution in [-0.4, -0.2) is 11.8 Å². The van der Waals surface area contributed by atoms with Crippen LogP contribution in [-0.2, 0) is 6.54 Å². The highest BCUT2D eigenvalue weighted by Crippen LogP contribution is 2.11. The summed E-state index contributed by atoms with van der Waals surface area (Å²) < 4.78 is 0. The molecule has 4 nitrogen and oxygen atoms in total. The van der Waals surface area contributed by atoms with Gasteiger partial charge in [-0.05, 0) is 31.5 Å². The van der Waals surface area contributed by atoms with Crippen molar-refractivity contribution in [2.24, 2.45) is 0 Å². The summed E-state index contributed by atoms with van der Waals surface area (Å²) in [5.41, 5.74) is 3.40. The summed E-state index contributed by atoms with van der Waals surface area (Å²) in [5.74, 6) is -0.0290. The molecule has 0 saturated carbocycles. The van der Waals surface area contributed by atoms with Crippen LogP contribution in [0.2, 0.25) is 0 Å². The summed E-state index contributed by atoms with van der Waals surface area (Å²) in [6.45, 7) is 3.97. The maximum atomic E-state index is 11.8. The molecule has 0 bridgehead atoms. The number of carbonyl (C=O) groups is 2. The zero-order chi connectivity index (χ0) is 15.2. The lowest BCUT2D eigenvalue weighted by molar-refractivity contribution is 0.101. The number of rotatable bonds is 4. The van der Waals surface area contributed by atoms with Crippen molar-refractivity contribution in [3.8, 4) is 0 Å². The Balaban J connectivity index is 1.91. The van der Waals surface area contributed by atoms with Gasteiger partial charge in [0.15, 0.2) is 5.78 Å². The van der Waals surface area contributed by atoms with Crippen molar-refractivity contribution in [1.82, 2.24) is 5.32 Å². The SMILES string of the molecule is CC(=O)c1cccc(NC(=O)NCc2ccc(C)cc2)c1. The second kappa shape index (κ2) is 6.70. The summed E-state index contributed by atoms with van der Waals surface area (Å²) in [6, 6.07) is 14.5. The van der Waals surface area contributed by atoms with Crippen LogP contribution in [0, 0.1) is 6.92 Å². The number of aryl methyl sites for hydroxylation is 1. The van der Waals surface area contributed by atoms with E-state index in [1.807, 2.05) is 31.2 Å². The first-order valence-corrected chi connectivity index (χ1v) is 6.76. The van der Waals surface area contributed by atoms with Crippen LogP contribution in [0.3, 0.4) is 0 Å². The van der Waals surface area contributed by atoms with Gasteiger partial charge in [0.05, 0.1) is 0 Å². The number of amides is 2. The van der Waals surface area contributed by atoms with Gasteiger partial charge in [-0.2, -0.15) is 0 Å². The molecule has 4 heteroatoms. The Labute approximate surface area is 124 Å². The Kier molecular flexibility index (Phi) is 4.72. The fourth-order valence-corrected chi connectivity index (χ4v) is 1.88. The molecule has 21 heavy (non-hydrogen) atoms. The Morgan fingerprint density at radius 1 is 1.05 bits per heavy atom. The third-order valence-corrected chi connectivity index (χ3v) is 3.10. The Hall–Kier alpha value is -2.62. The Morgan fingerprint density at radius 3 is 2.43 bits per heavy atom. The molecule has 0 spiro atoms. The maximum Gasteiger partial charge on any atom is 0.319 e. The summed E-state index contributed by atoms with van der Waals surface area (Å²) in [5, 5.41) is 5.50. The predicted molar refractivity (Wildman–Crippen MR) is 83.5 cm³/mol. The molecule has 0 fully saturated rings. The molecule has 0 heterocycles. The van der Waals surface area contributed by atoms with E-state index in [0.717, 1.165) is 5.56 Å². The van der Waals surface area contributed by atoms with Crippen molar-refractivity contribution in [2.45, 2.75) is 20.4 Å². The number of benzene rings is 2. The largest absolute Gasteiger partial charge is 0.334 e. The lowest BCUT2D eigenvalue weighted by Crippen LogP contribution is -2.28. The predicted octanol–water partition coefficient (Wildman–Crippen LogP) is 3.52. The third kappa shape index (κ3) is 4.45. The van der Waals surface area contributed by atoms with Crippen LogP contribution in [0.5, 0.6) is 0 Å². The van der Waals surface area contributed by atoms with Gasteiger partial charge in [-0.3, -0.25) is 4.79 Å². The molecule has 2 aromatic rings. The monoisotopic (exact) mass is 282 g/mol. The molecule has 2 N–H and O–H groups in total. The molecule has 2 amide bonds. The molecule has 0 aliphatic heterocycles. The smallest absolute Gasteiger partial charge is 0.319 e. The Morgan fingerprint density at radius 2 is 1.76 bits per heavy atom. The first-order valence-electron chi connectivity index (χ1n) is 6.76. The first kappa shape index (κ1) is 14.8. The van der Waals surface area contributed by atoms with E-state index in [1.54, 1.807) is 24.3 Å². The number of urea groups is 1. The number of hydrogen-bond acceptors (Lipinski definition) is 2. The van der Waals surface area contributed by atoms with E-state index in [4.69, 9.17) is 0 Å². The van der Waals surface area contributed by atoms with E-state index in [1.165, 1.54) is 12.5 Å². The van der Waals surface area contributed by atoms with Gasteiger partial charge in [0.25, 0.3) is 0 Å². The molecule has 0 unspecified atom stereocenters. The molecular weight excluding hydrogens is 264 g/mol. The number of carbonyl (C=O) groups excluding carboxylic acids is 2. The van der Waals surface area contributed by atoms with Crippen molar-refractivity contribution in [3.63, 3.8) is 0 Å². The average molecular weight is 282 g/mol. The highest BCUT2D eigenvalue weighted by Gasteiger charge is 2.04. The minimum absolute atomic E-state index is 0.0290. The lowest BCUT2D eigenvalue weighted by atomic mass is 10.1. The molecule has 108 valence electrons. The molecule has 0 aliphatic rings.